The average Bonchev–Trinajstić information content (AvgIpc) is 2.20. The van der Waals surface area contributed by atoms with Gasteiger partial charge in [0.2, 0.25) is 5.91 Å². The van der Waals surface area contributed by atoms with Crippen LogP contribution >= 0.6 is 0 Å². The van der Waals surface area contributed by atoms with Crippen LogP contribution in [0, 0.1) is 19.8 Å². The predicted molar refractivity (Wildman–Crippen MR) is 60.8 cm³/mol. The number of hydrogen-bond acceptors (Lipinski definition) is 2. The van der Waals surface area contributed by atoms with Gasteiger partial charge in [0.25, 0.3) is 0 Å². The molecule has 0 aromatic heterocycles. The van der Waals surface area contributed by atoms with Gasteiger partial charge in [-0.15, -0.1) is 0 Å². The first-order valence-corrected chi connectivity index (χ1v) is 5.23. The maximum Gasteiger partial charge on any atom is 0.229 e. The lowest BCUT2D eigenvalue weighted by Crippen LogP contribution is -2.35. The fourth-order valence-electron chi connectivity index (χ4n) is 1.94. The number of nitrogens with two attached hydrogens (primary N) is 1. The third-order valence-electron chi connectivity index (χ3n) is 3.10. The molecule has 0 saturated carbocycles. The Morgan fingerprint density at radius 3 is 2.73 bits per heavy atom. The maximum absolute atomic E-state index is 11.6. The third kappa shape index (κ3) is 1.75. The summed E-state index contributed by atoms with van der Waals surface area (Å²) in [7, 11) is 0. The molecule has 3 nitrogen and oxygen atoms in total. The van der Waals surface area contributed by atoms with Gasteiger partial charge in [-0.3, -0.25) is 4.79 Å². The van der Waals surface area contributed by atoms with Crippen molar-refractivity contribution in [2.45, 2.75) is 20.3 Å². The SMILES string of the molecule is Cc1cc2c(cc1C)NC(=O)C(CN)C2. The van der Waals surface area contributed by atoms with Gasteiger partial charge in [-0.2, -0.15) is 0 Å². The summed E-state index contributed by atoms with van der Waals surface area (Å²) in [6, 6.07) is 4.18. The molecule has 2 rings (SSSR count). The van der Waals surface area contributed by atoms with Crippen LogP contribution in [0.5, 0.6) is 0 Å². The Morgan fingerprint density at radius 1 is 1.40 bits per heavy atom. The topological polar surface area (TPSA) is 55.1 Å². The second-order valence-electron chi connectivity index (χ2n) is 4.22. The highest BCUT2D eigenvalue weighted by molar-refractivity contribution is 5.96. The molecule has 3 heteroatoms. The van der Waals surface area contributed by atoms with E-state index in [4.69, 9.17) is 5.73 Å². The molecule has 0 spiro atoms. The molecular weight excluding hydrogens is 188 g/mol. The van der Waals surface area contributed by atoms with Gasteiger partial charge in [-0.1, -0.05) is 6.07 Å². The van der Waals surface area contributed by atoms with E-state index in [9.17, 15) is 4.79 Å². The molecule has 1 aromatic carbocycles. The molecule has 15 heavy (non-hydrogen) atoms. The summed E-state index contributed by atoms with van der Waals surface area (Å²) < 4.78 is 0. The molecule has 0 saturated heterocycles. The summed E-state index contributed by atoms with van der Waals surface area (Å²) in [6.07, 6.45) is 0.763. The quantitative estimate of drug-likeness (QED) is 0.726. The Morgan fingerprint density at radius 2 is 2.07 bits per heavy atom. The monoisotopic (exact) mass is 204 g/mol. The summed E-state index contributed by atoms with van der Waals surface area (Å²) in [5.74, 6) is -0.0205. The molecule has 1 atom stereocenters. The number of carbonyl (C=O) groups excluding carboxylic acids is 1. The standard InChI is InChI=1S/C12H16N2O/c1-7-3-9-5-10(6-13)12(15)14-11(9)4-8(7)2/h3-4,10H,5-6,13H2,1-2H3,(H,14,15). The summed E-state index contributed by atoms with van der Waals surface area (Å²) in [5, 5.41) is 2.91. The molecule has 1 heterocycles. The van der Waals surface area contributed by atoms with Gasteiger partial charge in [0.15, 0.2) is 0 Å². The van der Waals surface area contributed by atoms with Crippen LogP contribution in [-0.2, 0) is 11.2 Å². The van der Waals surface area contributed by atoms with Crippen LogP contribution in [0.3, 0.4) is 0 Å². The van der Waals surface area contributed by atoms with E-state index in [1.807, 2.05) is 6.07 Å². The van der Waals surface area contributed by atoms with Crippen LogP contribution < -0.4 is 11.1 Å². The molecule has 1 aromatic rings. The number of anilines is 1. The third-order valence-corrected chi connectivity index (χ3v) is 3.10. The lowest BCUT2D eigenvalue weighted by molar-refractivity contribution is -0.119. The number of hydrogen-bond donors (Lipinski definition) is 2. The molecule has 80 valence electrons. The van der Waals surface area contributed by atoms with E-state index >= 15 is 0 Å². The van der Waals surface area contributed by atoms with Gasteiger partial charge < -0.3 is 11.1 Å². The van der Waals surface area contributed by atoms with Gasteiger partial charge in [0.1, 0.15) is 0 Å². The van der Waals surface area contributed by atoms with Crippen molar-refractivity contribution < 1.29 is 4.79 Å². The Balaban J connectivity index is 2.41. The number of carbonyl (C=O) groups is 1. The summed E-state index contributed by atoms with van der Waals surface area (Å²) in [6.45, 7) is 4.55. The van der Waals surface area contributed by atoms with Gasteiger partial charge in [-0.05, 0) is 43.0 Å². The summed E-state index contributed by atoms with van der Waals surface area (Å²) >= 11 is 0. The highest BCUT2D eigenvalue weighted by atomic mass is 16.1. The van der Waals surface area contributed by atoms with Crippen LogP contribution in [-0.4, -0.2) is 12.5 Å². The van der Waals surface area contributed by atoms with E-state index in [2.05, 4.69) is 25.2 Å². The Bertz CT molecular complexity index is 412. The van der Waals surface area contributed by atoms with Gasteiger partial charge in [-0.25, -0.2) is 0 Å². The van der Waals surface area contributed by atoms with E-state index in [-0.39, 0.29) is 11.8 Å². The van der Waals surface area contributed by atoms with Crippen molar-refractivity contribution in [2.24, 2.45) is 11.7 Å². The fourth-order valence-corrected chi connectivity index (χ4v) is 1.94. The van der Waals surface area contributed by atoms with Gasteiger partial charge in [0, 0.05) is 12.2 Å². The average molecular weight is 204 g/mol. The van der Waals surface area contributed by atoms with Gasteiger partial charge in [0.05, 0.1) is 5.92 Å². The molecule has 0 aliphatic carbocycles. The van der Waals surface area contributed by atoms with Crippen molar-refractivity contribution in [1.82, 2.24) is 0 Å². The normalized spacial score (nSPS) is 19.7. The van der Waals surface area contributed by atoms with Crippen LogP contribution in [0.2, 0.25) is 0 Å². The molecule has 1 aliphatic heterocycles. The minimum Gasteiger partial charge on any atom is -0.330 e. The Labute approximate surface area is 89.7 Å². The lowest BCUT2D eigenvalue weighted by atomic mass is 9.91. The first-order valence-electron chi connectivity index (χ1n) is 5.23. The van der Waals surface area contributed by atoms with E-state index in [1.54, 1.807) is 0 Å². The number of amides is 1. The first kappa shape index (κ1) is 10.2. The van der Waals surface area contributed by atoms with Crippen molar-refractivity contribution in [3.05, 3.63) is 28.8 Å². The molecule has 0 bridgehead atoms. The largest absolute Gasteiger partial charge is 0.330 e. The number of aryl methyl sites for hydroxylation is 2. The van der Waals surface area contributed by atoms with E-state index in [0.717, 1.165) is 12.1 Å². The number of benzene rings is 1. The van der Waals surface area contributed by atoms with Crippen LogP contribution in [0.4, 0.5) is 5.69 Å². The molecular formula is C12H16N2O. The van der Waals surface area contributed by atoms with Crippen LogP contribution in [0.25, 0.3) is 0 Å². The van der Waals surface area contributed by atoms with Crippen molar-refractivity contribution in [1.29, 1.82) is 0 Å². The van der Waals surface area contributed by atoms with E-state index in [0.29, 0.717) is 6.54 Å². The zero-order chi connectivity index (χ0) is 11.0. The van der Waals surface area contributed by atoms with E-state index in [1.165, 1.54) is 16.7 Å². The smallest absolute Gasteiger partial charge is 0.229 e. The van der Waals surface area contributed by atoms with Crippen LogP contribution in [0.1, 0.15) is 16.7 Å². The summed E-state index contributed by atoms with van der Waals surface area (Å²) in [5.41, 5.74) is 10.2. The molecule has 0 radical (unpaired) electrons. The number of rotatable bonds is 1. The second-order valence-corrected chi connectivity index (χ2v) is 4.22. The molecule has 1 amide bonds. The minimum atomic E-state index is -0.0698. The lowest BCUT2D eigenvalue weighted by Gasteiger charge is -2.24. The molecule has 1 unspecified atom stereocenters. The van der Waals surface area contributed by atoms with E-state index < -0.39 is 0 Å². The van der Waals surface area contributed by atoms with Crippen LogP contribution in [0.15, 0.2) is 12.1 Å². The van der Waals surface area contributed by atoms with Gasteiger partial charge >= 0.3 is 0 Å². The second kappa shape index (κ2) is 3.66. The fraction of sp³-hybridized carbons (Fsp3) is 0.417. The Kier molecular flexibility index (Phi) is 2.49. The van der Waals surface area contributed by atoms with Crippen molar-refractivity contribution in [3.8, 4) is 0 Å². The van der Waals surface area contributed by atoms with Crippen molar-refractivity contribution in [2.75, 3.05) is 11.9 Å². The predicted octanol–water partition coefficient (Wildman–Crippen LogP) is 1.37. The Hall–Kier alpha value is -1.35. The highest BCUT2D eigenvalue weighted by Gasteiger charge is 2.24. The molecule has 3 N–H and O–H groups in total. The maximum atomic E-state index is 11.6. The minimum absolute atomic E-state index is 0.0493. The van der Waals surface area contributed by atoms with Crippen molar-refractivity contribution >= 4 is 11.6 Å². The molecule has 1 aliphatic rings. The first-order chi connectivity index (χ1) is 7.11. The zero-order valence-electron chi connectivity index (χ0n) is 9.13. The molecule has 0 fully saturated rings. The van der Waals surface area contributed by atoms with Crippen molar-refractivity contribution in [3.63, 3.8) is 0 Å². The zero-order valence-corrected chi connectivity index (χ0v) is 9.13. The number of nitrogens with one attached hydrogen (secondary N) is 1. The highest BCUT2D eigenvalue weighted by Crippen LogP contribution is 2.27. The number of fused-ring (bicyclic) bond motifs is 1. The summed E-state index contributed by atoms with van der Waals surface area (Å²) in [4.78, 5) is 11.6.